The van der Waals surface area contributed by atoms with Crippen molar-refractivity contribution >= 4 is 25.7 Å². The Bertz CT molecular complexity index is 964. The van der Waals surface area contributed by atoms with Gasteiger partial charge in [0.05, 0.1) is 59.5 Å². The Morgan fingerprint density at radius 2 is 0.725 bits per heavy atom. The molecule has 0 aromatic heterocycles. The third kappa shape index (κ3) is 52.6. The number of hydrogen-bond donors (Lipinski definition) is 1. The fraction of sp³-hybridized carbons (Fsp3) is 0.983. The second-order valence-electron chi connectivity index (χ2n) is 19.9. The molecule has 9 nitrogen and oxygen atoms in total. The van der Waals surface area contributed by atoms with E-state index in [1.807, 2.05) is 7.05 Å². The SMILES string of the molecule is CCCCCCCCCCCCCCCCCCCCC(CO[Si](CCCSC(=O)CCCCCCCCCCCCCCC)(OCCOCCOCCCC)OCCOCCOCCCC)NC. The summed E-state index contributed by atoms with van der Waals surface area (Å²) in [5, 5.41) is 3.84. The summed E-state index contributed by atoms with van der Waals surface area (Å²) in [5.74, 6) is 0.744. The largest absolute Gasteiger partial charge is 0.501 e. The molecule has 0 aliphatic carbocycles. The minimum Gasteiger partial charge on any atom is -0.379 e. The fourth-order valence-electron chi connectivity index (χ4n) is 8.66. The molecule has 0 aliphatic heterocycles. The molecule has 0 saturated heterocycles. The first-order valence-electron chi connectivity index (χ1n) is 30.1. The fourth-order valence-corrected chi connectivity index (χ4v) is 12.3. The summed E-state index contributed by atoms with van der Waals surface area (Å²) in [5.41, 5.74) is 0. The number of rotatable bonds is 61. The lowest BCUT2D eigenvalue weighted by atomic mass is 10.0. The zero-order valence-electron chi connectivity index (χ0n) is 46.8. The Labute approximate surface area is 435 Å². The number of thioether (sulfide) groups is 1. The van der Waals surface area contributed by atoms with Gasteiger partial charge < -0.3 is 37.5 Å². The normalized spacial score (nSPS) is 12.4. The maximum atomic E-state index is 13.0. The molecular weight excluding hydrogens is 899 g/mol. The lowest BCUT2D eigenvalue weighted by Crippen LogP contribution is -2.50. The summed E-state index contributed by atoms with van der Waals surface area (Å²) in [6.45, 7) is 14.9. The molecule has 414 valence electrons. The molecule has 0 amide bonds. The molecule has 1 unspecified atom stereocenters. The summed E-state index contributed by atoms with van der Waals surface area (Å²) in [4.78, 5) is 13.0. The van der Waals surface area contributed by atoms with Crippen LogP contribution in [0.5, 0.6) is 0 Å². The van der Waals surface area contributed by atoms with E-state index in [-0.39, 0.29) is 6.04 Å². The van der Waals surface area contributed by atoms with Gasteiger partial charge in [-0.1, -0.05) is 245 Å². The molecule has 0 rings (SSSR count). The first kappa shape index (κ1) is 68.9. The van der Waals surface area contributed by atoms with Gasteiger partial charge in [0.15, 0.2) is 5.12 Å². The standard InChI is InChI=1S/C58H119NO8SSi/c1-6-10-14-16-18-20-22-24-25-26-27-28-30-31-33-35-37-39-42-57(59-5)56-67-69(65-52-50-63-48-46-61-44-12-8-3,66-53-51-64-49-47-62-45-13-9-4)55-41-54-68-58(60)43-40-38-36-34-32-29-23-21-19-17-15-11-7-2/h57,59H,6-56H2,1-5H3. The van der Waals surface area contributed by atoms with Crippen LogP contribution in [0.1, 0.15) is 272 Å². The van der Waals surface area contributed by atoms with Gasteiger partial charge >= 0.3 is 8.80 Å². The monoisotopic (exact) mass is 1020 g/mol. The van der Waals surface area contributed by atoms with Crippen molar-refractivity contribution in [3.8, 4) is 0 Å². The summed E-state index contributed by atoms with van der Waals surface area (Å²) in [6.07, 6.45) is 48.9. The molecule has 0 saturated carbocycles. The van der Waals surface area contributed by atoms with Gasteiger partial charge in [0.2, 0.25) is 0 Å². The summed E-state index contributed by atoms with van der Waals surface area (Å²) in [7, 11) is -1.12. The van der Waals surface area contributed by atoms with E-state index in [2.05, 4.69) is 33.0 Å². The summed E-state index contributed by atoms with van der Waals surface area (Å²) in [6, 6.07) is 0.872. The molecule has 0 radical (unpaired) electrons. The van der Waals surface area contributed by atoms with Crippen molar-refractivity contribution in [1.29, 1.82) is 0 Å². The minimum atomic E-state index is -3.16. The zero-order valence-corrected chi connectivity index (χ0v) is 48.6. The Balaban J connectivity index is 4.97. The van der Waals surface area contributed by atoms with E-state index < -0.39 is 8.80 Å². The number of carbonyl (C=O) groups is 1. The highest BCUT2D eigenvalue weighted by Gasteiger charge is 2.41. The van der Waals surface area contributed by atoms with Crippen LogP contribution >= 0.6 is 11.8 Å². The average molecular weight is 1020 g/mol. The predicted octanol–water partition coefficient (Wildman–Crippen LogP) is 16.8. The van der Waals surface area contributed by atoms with Crippen LogP contribution in [0.15, 0.2) is 0 Å². The van der Waals surface area contributed by atoms with E-state index >= 15 is 0 Å². The maximum Gasteiger partial charge on any atom is 0.501 e. The molecule has 0 spiro atoms. The van der Waals surface area contributed by atoms with Crippen LogP contribution in [0.3, 0.4) is 0 Å². The summed E-state index contributed by atoms with van der Waals surface area (Å²) >= 11 is 1.47. The molecule has 0 aromatic carbocycles. The molecule has 1 N–H and O–H groups in total. The quantitative estimate of drug-likeness (QED) is 0.0469. The molecule has 0 aromatic rings. The van der Waals surface area contributed by atoms with Crippen molar-refractivity contribution in [2.45, 2.75) is 284 Å². The van der Waals surface area contributed by atoms with E-state index in [1.54, 1.807) is 0 Å². The Morgan fingerprint density at radius 3 is 1.10 bits per heavy atom. The number of hydrogen-bond acceptors (Lipinski definition) is 10. The molecule has 0 bridgehead atoms. The second kappa shape index (κ2) is 58.8. The smallest absolute Gasteiger partial charge is 0.379 e. The Morgan fingerprint density at radius 1 is 0.391 bits per heavy atom. The van der Waals surface area contributed by atoms with Gasteiger partial charge in [-0.05, 0) is 39.2 Å². The average Bonchev–Trinajstić information content (AvgIpc) is 3.36. The number of carbonyl (C=O) groups excluding carboxylic acids is 1. The highest BCUT2D eigenvalue weighted by atomic mass is 32.2. The van der Waals surface area contributed by atoms with Crippen molar-refractivity contribution in [2.24, 2.45) is 0 Å². The van der Waals surface area contributed by atoms with E-state index in [4.69, 9.17) is 32.2 Å². The van der Waals surface area contributed by atoms with Crippen molar-refractivity contribution in [3.05, 3.63) is 0 Å². The van der Waals surface area contributed by atoms with Crippen LogP contribution < -0.4 is 5.32 Å². The number of nitrogens with one attached hydrogen (secondary N) is 1. The number of ether oxygens (including phenoxy) is 4. The molecular formula is C58H119NO8SSi. The second-order valence-corrected chi connectivity index (χ2v) is 23.8. The van der Waals surface area contributed by atoms with E-state index in [9.17, 15) is 4.79 Å². The third-order valence-corrected chi connectivity index (χ3v) is 17.2. The maximum absolute atomic E-state index is 13.0. The molecule has 0 fully saturated rings. The highest BCUT2D eigenvalue weighted by molar-refractivity contribution is 8.13. The van der Waals surface area contributed by atoms with Gasteiger partial charge in [-0.25, -0.2) is 0 Å². The van der Waals surface area contributed by atoms with E-state index in [0.717, 1.165) is 70.3 Å². The topological polar surface area (TPSA) is 93.7 Å². The van der Waals surface area contributed by atoms with Crippen LogP contribution in [0, 0.1) is 0 Å². The van der Waals surface area contributed by atoms with E-state index in [1.165, 1.54) is 198 Å². The zero-order chi connectivity index (χ0) is 50.1. The summed E-state index contributed by atoms with van der Waals surface area (Å²) < 4.78 is 43.4. The third-order valence-electron chi connectivity index (χ3n) is 13.3. The highest BCUT2D eigenvalue weighted by Crippen LogP contribution is 2.23. The van der Waals surface area contributed by atoms with Crippen LogP contribution in [0.4, 0.5) is 0 Å². The van der Waals surface area contributed by atoms with Crippen LogP contribution in [0.25, 0.3) is 0 Å². The van der Waals surface area contributed by atoms with Crippen molar-refractivity contribution in [3.63, 3.8) is 0 Å². The number of unbranched alkanes of at least 4 members (excludes halogenated alkanes) is 31. The van der Waals surface area contributed by atoms with Crippen molar-refractivity contribution in [1.82, 2.24) is 5.32 Å². The van der Waals surface area contributed by atoms with Gasteiger partial charge in [-0.3, -0.25) is 4.79 Å². The Hall–Kier alpha value is -0.0831. The first-order valence-corrected chi connectivity index (χ1v) is 33.0. The molecule has 0 heterocycles. The first-order chi connectivity index (χ1) is 34.1. The predicted molar refractivity (Wildman–Crippen MR) is 300 cm³/mol. The van der Waals surface area contributed by atoms with Crippen molar-refractivity contribution in [2.75, 3.05) is 85.5 Å². The van der Waals surface area contributed by atoms with Crippen molar-refractivity contribution < 1.29 is 37.0 Å². The number of likely N-dealkylation sites (N-methyl/N-ethyl adjacent to an activating group) is 1. The van der Waals surface area contributed by atoms with Gasteiger partial charge in [-0.15, -0.1) is 0 Å². The molecule has 1 atom stereocenters. The van der Waals surface area contributed by atoms with E-state index in [0.29, 0.717) is 77.0 Å². The van der Waals surface area contributed by atoms with Gasteiger partial charge in [0.1, 0.15) is 0 Å². The van der Waals surface area contributed by atoms with Gasteiger partial charge in [0.25, 0.3) is 0 Å². The molecule has 69 heavy (non-hydrogen) atoms. The molecule has 0 aliphatic rings. The van der Waals surface area contributed by atoms with Gasteiger partial charge in [-0.2, -0.15) is 0 Å². The minimum absolute atomic E-state index is 0.217. The lowest BCUT2D eigenvalue weighted by molar-refractivity contribution is -0.111. The Kier molecular flexibility index (Phi) is 58.7. The van der Waals surface area contributed by atoms with Crippen LogP contribution in [-0.4, -0.2) is 105 Å². The van der Waals surface area contributed by atoms with Crippen LogP contribution in [0.2, 0.25) is 6.04 Å². The lowest BCUT2D eigenvalue weighted by Gasteiger charge is -2.31. The van der Waals surface area contributed by atoms with Gasteiger partial charge in [0, 0.05) is 37.5 Å². The molecule has 11 heteroatoms. The van der Waals surface area contributed by atoms with Crippen LogP contribution in [-0.2, 0) is 37.0 Å².